The molecule has 0 saturated heterocycles. The van der Waals surface area contributed by atoms with Gasteiger partial charge in [-0.2, -0.15) is 0 Å². The number of carbonyl (C=O) groups is 4. The van der Waals surface area contributed by atoms with Gasteiger partial charge in [0.15, 0.2) is 0 Å². The maximum Gasteiger partial charge on any atom is 2.00 e. The van der Waals surface area contributed by atoms with Crippen LogP contribution in [0.2, 0.25) is 0 Å². The number of carboxylic acid groups (broad SMARTS) is 4. The van der Waals surface area contributed by atoms with Crippen LogP contribution in [0.5, 0.6) is 0 Å². The number of aromatic carboxylic acids is 4. The molecule has 0 amide bonds. The summed E-state index contributed by atoms with van der Waals surface area (Å²) in [4.78, 5) is 50.9. The zero-order valence-electron chi connectivity index (χ0n) is 14.5. The van der Waals surface area contributed by atoms with Crippen LogP contribution < -0.4 is 20.4 Å². The molecule has 2 aromatic rings. The Hall–Kier alpha value is -3.03. The van der Waals surface area contributed by atoms with Gasteiger partial charge in [-0.25, -0.2) is 0 Å². The molecule has 11 nitrogen and oxygen atoms in total. The molecule has 0 aliphatic heterocycles. The molecule has 0 N–H and O–H groups in total. The predicted octanol–water partition coefficient (Wildman–Crippen LogP) is -3.27. The molecule has 0 heterocycles. The van der Waals surface area contributed by atoms with Crippen molar-refractivity contribution >= 4 is 29.6 Å². The van der Waals surface area contributed by atoms with Crippen LogP contribution in [0.25, 0.3) is 0 Å². The van der Waals surface area contributed by atoms with E-state index in [1.165, 1.54) is 12.1 Å². The van der Waals surface area contributed by atoms with Crippen LogP contribution in [0.1, 0.15) is 41.4 Å². The van der Waals surface area contributed by atoms with E-state index in [4.69, 9.17) is 0 Å². The van der Waals surface area contributed by atoms with E-state index in [0.29, 0.717) is 12.1 Å². The first kappa shape index (κ1) is 28.2. The Bertz CT molecular complexity index is 833. The van der Waals surface area contributed by atoms with Crippen molar-refractivity contribution < 1.29 is 83.5 Å². The van der Waals surface area contributed by atoms with Gasteiger partial charge in [-0.1, -0.05) is 24.3 Å². The number of carbonyl (C=O) groups excluding carboxylic acids is 4. The minimum Gasteiger partial charge on any atom is -0.545 e. The van der Waals surface area contributed by atoms with Gasteiger partial charge in [0.25, 0.3) is 5.69 Å². The van der Waals surface area contributed by atoms with Crippen LogP contribution in [0.15, 0.2) is 42.5 Å². The molecule has 0 saturated carbocycles. The zero-order valence-corrected chi connectivity index (χ0v) is 20.4. The summed E-state index contributed by atoms with van der Waals surface area (Å²) in [5.74, 6) is -6.42. The Morgan fingerprint density at radius 3 is 1.24 bits per heavy atom. The Balaban J connectivity index is 0. The van der Waals surface area contributed by atoms with Gasteiger partial charge in [0.05, 0.1) is 28.8 Å². The fourth-order valence-electron chi connectivity index (χ4n) is 1.79. The van der Waals surface area contributed by atoms with Crippen molar-refractivity contribution in [3.63, 3.8) is 0 Å². The number of non-ortho nitro benzene ring substituents is 1. The van der Waals surface area contributed by atoms with Gasteiger partial charge in [-0.3, -0.25) is 10.1 Å². The maximum atomic E-state index is 10.4. The summed E-state index contributed by atoms with van der Waals surface area (Å²) >= 11 is 0. The van der Waals surface area contributed by atoms with E-state index < -0.39 is 45.6 Å². The predicted molar refractivity (Wildman–Crippen MR) is 76.9 cm³/mol. The smallest absolute Gasteiger partial charge is 0.545 e. The molecule has 0 unspecified atom stereocenters. The van der Waals surface area contributed by atoms with E-state index in [0.717, 1.165) is 18.2 Å². The van der Waals surface area contributed by atoms with Gasteiger partial charge < -0.3 is 39.6 Å². The first-order valence-corrected chi connectivity index (χ1v) is 6.78. The monoisotopic (exact) mass is 501 g/mol. The van der Waals surface area contributed by atoms with Gasteiger partial charge in [0.1, 0.15) is 0 Å². The van der Waals surface area contributed by atoms with Gasteiger partial charge in [-0.15, -0.1) is 0 Å². The van der Waals surface area contributed by atoms with Crippen LogP contribution in [0.3, 0.4) is 0 Å². The number of rotatable bonds is 5. The molecule has 0 fully saturated rings. The fraction of sp³-hybridized carbons (Fsp3) is 0. The van der Waals surface area contributed by atoms with Crippen molar-refractivity contribution in [1.82, 2.24) is 0 Å². The SMILES string of the molecule is O=C([O-])c1cc(C(=O)[O-])cc([N+](=O)[O-])c1.O=C([O-])c1ccccc1C(=O)[O-].[Zn+2].[Zn+2]. The molecule has 0 atom stereocenters. The summed E-state index contributed by atoms with van der Waals surface area (Å²) in [5, 5.41) is 51.8. The molecule has 0 radical (unpaired) electrons. The average Bonchev–Trinajstić information content (AvgIpc) is 2.61. The van der Waals surface area contributed by atoms with Crippen molar-refractivity contribution in [2.45, 2.75) is 0 Å². The third kappa shape index (κ3) is 8.24. The van der Waals surface area contributed by atoms with E-state index in [1.54, 1.807) is 0 Å². The van der Waals surface area contributed by atoms with Gasteiger partial charge in [-0.05, 0) is 6.07 Å². The maximum absolute atomic E-state index is 10.4. The van der Waals surface area contributed by atoms with E-state index in [1.807, 2.05) is 0 Å². The van der Waals surface area contributed by atoms with Crippen molar-refractivity contribution in [2.24, 2.45) is 0 Å². The Labute approximate surface area is 187 Å². The van der Waals surface area contributed by atoms with E-state index in [2.05, 4.69) is 0 Å². The van der Waals surface area contributed by atoms with Crippen LogP contribution in [-0.2, 0) is 39.0 Å². The van der Waals surface area contributed by atoms with Crippen LogP contribution in [0.4, 0.5) is 5.69 Å². The second-order valence-corrected chi connectivity index (χ2v) is 4.72. The van der Waals surface area contributed by atoms with Crippen molar-refractivity contribution in [2.75, 3.05) is 0 Å². The summed E-state index contributed by atoms with van der Waals surface area (Å²) in [6.45, 7) is 0. The molecule has 140 valence electrons. The van der Waals surface area contributed by atoms with Crippen molar-refractivity contribution in [1.29, 1.82) is 0 Å². The molecular formula is C16H7NO10Zn2. The number of benzene rings is 2. The van der Waals surface area contributed by atoms with Crippen LogP contribution >= 0.6 is 0 Å². The molecule has 2 aromatic carbocycles. The second kappa shape index (κ2) is 12.4. The average molecular weight is 504 g/mol. The first-order chi connectivity index (χ1) is 12.5. The topological polar surface area (TPSA) is 204 Å². The third-order valence-electron chi connectivity index (χ3n) is 2.97. The molecule has 29 heavy (non-hydrogen) atoms. The Morgan fingerprint density at radius 2 is 1.00 bits per heavy atom. The molecule has 13 heteroatoms. The van der Waals surface area contributed by atoms with Crippen molar-refractivity contribution in [3.05, 3.63) is 74.8 Å². The van der Waals surface area contributed by atoms with Crippen LogP contribution in [-0.4, -0.2) is 28.8 Å². The Morgan fingerprint density at radius 1 is 0.655 bits per heavy atom. The van der Waals surface area contributed by atoms with Gasteiger partial charge in [0, 0.05) is 34.4 Å². The standard InChI is InChI=1S/C8H5NO6.C8H6O4.2Zn/c10-7(11)4-1-5(8(12)13)3-6(2-4)9(14)15;9-7(10)5-3-1-2-4-6(5)8(11)12;;/h1-3H,(H,10,11)(H,12,13);1-4H,(H,9,10)(H,11,12);;/q;;2*+2/p-4. The molecule has 0 spiro atoms. The number of nitro groups is 1. The number of nitro benzene ring substituents is 1. The summed E-state index contributed by atoms with van der Waals surface area (Å²) < 4.78 is 0. The number of nitrogens with zero attached hydrogens (tertiary/aromatic N) is 1. The molecule has 0 aromatic heterocycles. The molecule has 2 rings (SSSR count). The number of hydrogen-bond donors (Lipinski definition) is 0. The van der Waals surface area contributed by atoms with Gasteiger partial charge in [0.2, 0.25) is 0 Å². The molecule has 0 bridgehead atoms. The third-order valence-corrected chi connectivity index (χ3v) is 2.97. The Kier molecular flexibility index (Phi) is 12.1. The van der Waals surface area contributed by atoms with Crippen LogP contribution in [0, 0.1) is 10.1 Å². The quantitative estimate of drug-likeness (QED) is 0.226. The summed E-state index contributed by atoms with van der Waals surface area (Å²) in [7, 11) is 0. The largest absolute Gasteiger partial charge is 2.00 e. The summed E-state index contributed by atoms with van der Waals surface area (Å²) in [6.07, 6.45) is 0. The fourth-order valence-corrected chi connectivity index (χ4v) is 1.79. The van der Waals surface area contributed by atoms with Crippen molar-refractivity contribution in [3.8, 4) is 0 Å². The summed E-state index contributed by atoms with van der Waals surface area (Å²) in [5.41, 5.74) is -2.53. The second-order valence-electron chi connectivity index (χ2n) is 4.72. The summed E-state index contributed by atoms with van der Waals surface area (Å²) in [6, 6.07) is 7.29. The van der Waals surface area contributed by atoms with Gasteiger partial charge >= 0.3 is 39.0 Å². The van der Waals surface area contributed by atoms with E-state index >= 15 is 0 Å². The minimum atomic E-state index is -1.69. The normalized spacial score (nSPS) is 8.83. The minimum absolute atomic E-state index is 0. The molecular weight excluding hydrogens is 497 g/mol. The zero-order chi connectivity index (χ0) is 20.7. The van der Waals surface area contributed by atoms with E-state index in [-0.39, 0.29) is 50.1 Å². The molecule has 0 aliphatic rings. The molecule has 0 aliphatic carbocycles. The number of hydrogen-bond acceptors (Lipinski definition) is 10. The number of carboxylic acids is 4. The first-order valence-electron chi connectivity index (χ1n) is 6.78. The van der Waals surface area contributed by atoms with E-state index in [9.17, 15) is 49.7 Å².